The molecular weight excluding hydrogens is 1550 g/mol. The van der Waals surface area contributed by atoms with Gasteiger partial charge in [-0.05, 0) is 208 Å². The second-order valence-corrected chi connectivity index (χ2v) is 30.1. The Labute approximate surface area is 595 Å². The Morgan fingerprint density at radius 2 is 1.46 bits per heavy atom. The maximum Gasteiger partial charge on any atom is 0.340 e. The number of ether oxygens (including phenoxy) is 7. The highest BCUT2D eigenvalue weighted by Gasteiger charge is 2.53. The van der Waals surface area contributed by atoms with Crippen molar-refractivity contribution in [3.05, 3.63) is 63.9 Å². The van der Waals surface area contributed by atoms with Crippen LogP contribution in [0.4, 0.5) is 11.4 Å². The van der Waals surface area contributed by atoms with E-state index < -0.39 is 113 Å². The quantitative estimate of drug-likeness (QED) is 0.0299. The van der Waals surface area contributed by atoms with Gasteiger partial charge in [-0.2, -0.15) is 0 Å². The van der Waals surface area contributed by atoms with E-state index in [1.807, 2.05) is 119 Å². The summed E-state index contributed by atoms with van der Waals surface area (Å²) in [5.74, 6) is -10.5. The molecule has 3 amide bonds. The topological polar surface area (TPSA) is 286 Å². The fourth-order valence-electron chi connectivity index (χ4n) is 13.0. The Kier molecular flexibility index (Phi) is 31.9. The number of allylic oxidation sites excluding steroid dienone is 6. The lowest BCUT2D eigenvalue weighted by Crippen LogP contribution is -2.61. The number of aliphatic hydroxyl groups is 2. The van der Waals surface area contributed by atoms with E-state index in [0.29, 0.717) is 105 Å². The number of rotatable bonds is 16. The number of hydrogen-bond donors (Lipinski definition) is 4. The lowest BCUT2D eigenvalue weighted by atomic mass is 9.78. The van der Waals surface area contributed by atoms with Gasteiger partial charge in [0.2, 0.25) is 17.6 Å². The van der Waals surface area contributed by atoms with E-state index in [2.05, 4.69) is 10.6 Å². The highest BCUT2D eigenvalue weighted by Crippen LogP contribution is 2.42. The molecule has 1 aromatic rings. The molecule has 3 aliphatic heterocycles. The van der Waals surface area contributed by atoms with Crippen LogP contribution in [0.25, 0.3) is 0 Å². The van der Waals surface area contributed by atoms with E-state index >= 15 is 0 Å². The van der Waals surface area contributed by atoms with Crippen LogP contribution in [0.3, 0.4) is 0 Å². The molecule has 3 fully saturated rings. The van der Waals surface area contributed by atoms with Crippen LogP contribution in [0.15, 0.2) is 47.6 Å². The molecule has 0 aromatic heterocycles. The predicted octanol–water partition coefficient (Wildman–Crippen LogP) is 11.5. The number of ketones is 3. The molecule has 15 atom stereocenters. The third-order valence-electron chi connectivity index (χ3n) is 18.8. The van der Waals surface area contributed by atoms with Crippen LogP contribution >= 0.6 is 67.8 Å². The van der Waals surface area contributed by atoms with Crippen LogP contribution in [0.5, 0.6) is 0 Å². The first-order valence-corrected chi connectivity index (χ1v) is 36.1. The van der Waals surface area contributed by atoms with Crippen molar-refractivity contribution in [1.82, 2.24) is 4.90 Å². The molecule has 21 nitrogen and oxygen atoms in total. The lowest BCUT2D eigenvalue weighted by molar-refractivity contribution is -0.265. The predicted molar refractivity (Wildman–Crippen MR) is 380 cm³/mol. The highest BCUT2D eigenvalue weighted by atomic mass is 127. The number of fused-ring (bicyclic) bond motifs is 3. The number of halogens is 3. The summed E-state index contributed by atoms with van der Waals surface area (Å²) in [6.07, 6.45) is 11.1. The number of nitrogens with zero attached hydrogens (tertiary/aromatic N) is 1. The summed E-state index contributed by atoms with van der Waals surface area (Å²) in [6, 6.07) is -1.22. The normalized spacial score (nSPS) is 30.6. The molecule has 24 heteroatoms. The number of benzene rings is 1. The Morgan fingerprint density at radius 1 is 0.798 bits per heavy atom. The average Bonchev–Trinajstić information content (AvgIpc) is 0.790. The zero-order valence-corrected chi connectivity index (χ0v) is 63.5. The number of methoxy groups -OCH3 is 3. The monoisotopic (exact) mass is 1650 g/mol. The molecule has 1 aliphatic carbocycles. The molecule has 2 bridgehead atoms. The summed E-state index contributed by atoms with van der Waals surface area (Å²) in [6.45, 7) is 18.9. The molecule has 94 heavy (non-hydrogen) atoms. The first-order chi connectivity index (χ1) is 44.2. The molecule has 1 saturated carbocycles. The van der Waals surface area contributed by atoms with Crippen molar-refractivity contribution in [2.24, 2.45) is 40.9 Å². The maximum absolute atomic E-state index is 14.8. The molecule has 524 valence electrons. The van der Waals surface area contributed by atoms with Gasteiger partial charge in [0.05, 0.1) is 58.0 Å². The van der Waals surface area contributed by atoms with Gasteiger partial charge in [-0.25, -0.2) is 9.59 Å². The minimum atomic E-state index is -2.49. The minimum absolute atomic E-state index is 0.0217. The van der Waals surface area contributed by atoms with E-state index in [1.54, 1.807) is 61.8 Å². The molecule has 0 spiro atoms. The number of cyclic esters (lactones) is 1. The molecule has 5 rings (SSSR count). The van der Waals surface area contributed by atoms with E-state index in [4.69, 9.17) is 33.2 Å². The Bertz CT molecular complexity index is 2970. The second kappa shape index (κ2) is 37.2. The van der Waals surface area contributed by atoms with Gasteiger partial charge in [0.15, 0.2) is 5.78 Å². The van der Waals surface area contributed by atoms with Crippen LogP contribution in [-0.4, -0.2) is 157 Å². The Hall–Kier alpha value is -4.04. The SMILES string of the molecule is CO[C@H]1C[C@@H]2CC[C@@H](C)[C@@](O)(O2)C(=O)C(=O)N2CCCC[C@H]2C(=O)O[C@H]([C@H](C)C[C@@H]2CC[C@@H](OC(=O)C(C)(C)CCCCOC(=O)c3c(I)c(NC(C)=O)c(I)c(NC(C)=O)c3I)[C@H](OC)C2)CC(=O)[C@H](C)/C=C(\C)[C@@H](O)[C@@H](OC)C(=O)[C@H](C)C[C@H](C)/C=C/C=CC=C1C. The van der Waals surface area contributed by atoms with Crippen LogP contribution in [-0.2, 0) is 71.5 Å². The summed E-state index contributed by atoms with van der Waals surface area (Å²) < 4.78 is 43.5. The largest absolute Gasteiger partial charge is 0.462 e. The molecule has 0 unspecified atom stereocenters. The van der Waals surface area contributed by atoms with Crippen LogP contribution in [0.1, 0.15) is 183 Å². The molecular formula is C70H100I3N3O18. The van der Waals surface area contributed by atoms with Crippen LogP contribution in [0, 0.1) is 51.6 Å². The average molecular weight is 1650 g/mol. The number of nitrogens with one attached hydrogen (secondary N) is 2. The minimum Gasteiger partial charge on any atom is -0.462 e. The molecule has 0 radical (unpaired) electrons. The first-order valence-electron chi connectivity index (χ1n) is 32.8. The van der Waals surface area contributed by atoms with E-state index in [9.17, 15) is 53.4 Å². The van der Waals surface area contributed by atoms with Gasteiger partial charge >= 0.3 is 17.9 Å². The highest BCUT2D eigenvalue weighted by molar-refractivity contribution is 14.1. The standard InChI is InChI=1S/C70H100I3N3O18/c1-38-22-16-15-17-23-39(2)52(88-12)36-48-27-25-44(7)70(87,94-48)64(82)65(83)76-30-20-18-24-49(76)66(84)92-53(37-50(79)40(3)33-43(6)62(81)63(90-14)61(80)42(5)32-38)41(4)34-47-26-28-51(54(35-47)89-13)93-68(86)69(10,11)29-19-21-31-91-67(85)55-56(71)59(74-45(8)77)58(73)60(57(55)72)75-46(9)78/h15-17,22-23,33,38,40-42,44,47-49,51-54,62-63,81,87H,18-21,24-32,34-37H2,1-14H3,(H,74,77)(H,75,78)/b17-15?,22-16+,39-23?,43-33+/t38-,40-,41-,42-,44-,47+,48+,49+,51-,52+,53+,54-,62-,63+,70-/m1/s1. The zero-order valence-electron chi connectivity index (χ0n) is 57.1. The summed E-state index contributed by atoms with van der Waals surface area (Å²) in [5, 5.41) is 29.3. The third-order valence-corrected chi connectivity index (χ3v) is 22.1. The molecule has 1 aromatic carbocycles. The van der Waals surface area contributed by atoms with Crippen molar-refractivity contribution in [3.63, 3.8) is 0 Å². The van der Waals surface area contributed by atoms with Crippen molar-refractivity contribution < 1.29 is 86.5 Å². The van der Waals surface area contributed by atoms with Crippen molar-refractivity contribution in [2.45, 2.75) is 227 Å². The van der Waals surface area contributed by atoms with E-state index in [0.717, 1.165) is 5.57 Å². The van der Waals surface area contributed by atoms with Gasteiger partial charge < -0.3 is 58.9 Å². The second-order valence-electron chi connectivity index (χ2n) is 26.9. The van der Waals surface area contributed by atoms with Crippen molar-refractivity contribution in [2.75, 3.05) is 45.1 Å². The summed E-state index contributed by atoms with van der Waals surface area (Å²) >= 11 is 5.98. The smallest absolute Gasteiger partial charge is 0.340 e. The van der Waals surface area contributed by atoms with E-state index in [1.165, 1.54) is 25.9 Å². The number of carbonyl (C=O) groups is 9. The number of esters is 3. The van der Waals surface area contributed by atoms with Gasteiger partial charge in [0.25, 0.3) is 11.7 Å². The molecule has 4 aliphatic rings. The van der Waals surface area contributed by atoms with Gasteiger partial charge in [0.1, 0.15) is 36.2 Å². The number of piperidine rings is 1. The van der Waals surface area contributed by atoms with E-state index in [-0.39, 0.29) is 73.2 Å². The molecule has 3 heterocycles. The van der Waals surface area contributed by atoms with Crippen LogP contribution < -0.4 is 10.6 Å². The number of carbonyl (C=O) groups excluding carboxylic acids is 9. The molecule has 4 N–H and O–H groups in total. The fraction of sp³-hybridized carbons (Fsp3) is 0.671. The summed E-state index contributed by atoms with van der Waals surface area (Å²) in [4.78, 5) is 125. The van der Waals surface area contributed by atoms with Crippen molar-refractivity contribution in [1.29, 1.82) is 0 Å². The van der Waals surface area contributed by atoms with Crippen molar-refractivity contribution in [3.8, 4) is 0 Å². The Balaban J connectivity index is 1.33. The zero-order chi connectivity index (χ0) is 70.1. The summed E-state index contributed by atoms with van der Waals surface area (Å²) in [5.41, 5.74) is 1.24. The first kappa shape index (κ1) is 80.6. The molecule has 2 saturated heterocycles. The number of unbranched alkanes of at least 4 members (excludes halogenated alkanes) is 1. The van der Waals surface area contributed by atoms with Crippen LogP contribution in [0.2, 0.25) is 0 Å². The lowest BCUT2D eigenvalue weighted by Gasteiger charge is -2.42. The number of amides is 3. The van der Waals surface area contributed by atoms with Gasteiger partial charge in [0, 0.05) is 72.3 Å². The number of anilines is 2. The Morgan fingerprint density at radius 3 is 2.07 bits per heavy atom. The van der Waals surface area contributed by atoms with Crippen molar-refractivity contribution >= 4 is 132 Å². The fourth-order valence-corrected chi connectivity index (χ4v) is 17.1. The number of Topliss-reactive ketones (excluding diaryl/α,β-unsaturated/α-hetero) is 3. The van der Waals surface area contributed by atoms with Gasteiger partial charge in [-0.3, -0.25) is 33.6 Å². The summed E-state index contributed by atoms with van der Waals surface area (Å²) in [7, 11) is 4.48. The maximum atomic E-state index is 14.8. The van der Waals surface area contributed by atoms with Gasteiger partial charge in [-0.15, -0.1) is 0 Å². The van der Waals surface area contributed by atoms with Gasteiger partial charge in [-0.1, -0.05) is 71.1 Å². The number of aliphatic hydroxyl groups excluding tert-OH is 1. The third kappa shape index (κ3) is 21.7. The number of hydrogen-bond acceptors (Lipinski definition) is 18.